The van der Waals surface area contributed by atoms with Crippen LogP contribution in [0, 0.1) is 0 Å². The fourth-order valence-corrected chi connectivity index (χ4v) is 4.08. The molecule has 0 aliphatic heterocycles. The Hall–Kier alpha value is -3.16. The summed E-state index contributed by atoms with van der Waals surface area (Å²) in [5.74, 6) is 0.394. The molecule has 0 atom stereocenters. The Balaban J connectivity index is 1.50. The summed E-state index contributed by atoms with van der Waals surface area (Å²) in [6, 6.07) is 17.2. The summed E-state index contributed by atoms with van der Waals surface area (Å²) >= 11 is 7.59. The van der Waals surface area contributed by atoms with Gasteiger partial charge < -0.3 is 9.64 Å². The van der Waals surface area contributed by atoms with Gasteiger partial charge in [0.25, 0.3) is 5.91 Å². The van der Waals surface area contributed by atoms with Crippen molar-refractivity contribution in [2.45, 2.75) is 0 Å². The third-order valence-corrected chi connectivity index (χ3v) is 5.61. The van der Waals surface area contributed by atoms with Crippen LogP contribution in [0.15, 0.2) is 60.8 Å². The average Bonchev–Trinajstić information content (AvgIpc) is 3.14. The van der Waals surface area contributed by atoms with Crippen molar-refractivity contribution in [3.05, 3.63) is 65.9 Å². The molecule has 2 heterocycles. The second-order valence-corrected chi connectivity index (χ2v) is 8.17. The van der Waals surface area contributed by atoms with Gasteiger partial charge >= 0.3 is 0 Å². The first-order valence-corrected chi connectivity index (χ1v) is 10.4. The van der Waals surface area contributed by atoms with Gasteiger partial charge in [-0.15, -0.1) is 0 Å². The zero-order valence-corrected chi connectivity index (χ0v) is 18.0. The maximum absolute atomic E-state index is 12.2. The fourth-order valence-electron chi connectivity index (χ4n) is 2.89. The Bertz CT molecular complexity index is 1190. The lowest BCUT2D eigenvalue weighted by atomic mass is 10.1. The highest BCUT2D eigenvalue weighted by atomic mass is 35.5. The minimum atomic E-state index is -0.254. The molecule has 0 fully saturated rings. The Morgan fingerprint density at radius 1 is 1.13 bits per heavy atom. The molecule has 4 rings (SSSR count). The molecular weight excluding hydrogens is 420 g/mol. The number of amides is 1. The molecule has 0 aliphatic carbocycles. The third kappa shape index (κ3) is 4.53. The van der Waals surface area contributed by atoms with Crippen molar-refractivity contribution in [1.29, 1.82) is 0 Å². The zero-order valence-electron chi connectivity index (χ0n) is 16.4. The van der Waals surface area contributed by atoms with Crippen LogP contribution >= 0.6 is 22.9 Å². The van der Waals surface area contributed by atoms with Gasteiger partial charge in [-0.25, -0.2) is 9.97 Å². The molecule has 4 aromatic rings. The molecule has 152 valence electrons. The summed E-state index contributed by atoms with van der Waals surface area (Å²) < 4.78 is 6.44. The zero-order chi connectivity index (χ0) is 21.1. The van der Waals surface area contributed by atoms with Crippen molar-refractivity contribution >= 4 is 49.9 Å². The predicted octanol–water partition coefficient (Wildman–Crippen LogP) is 5.10. The number of thiazole rings is 1. The number of nitrogens with one attached hydrogen (secondary N) is 1. The minimum Gasteiger partial charge on any atom is -0.484 e. The van der Waals surface area contributed by atoms with E-state index in [0.29, 0.717) is 16.0 Å². The number of hydrogen-bond donors (Lipinski definition) is 1. The normalized spacial score (nSPS) is 10.8. The highest BCUT2D eigenvalue weighted by molar-refractivity contribution is 7.22. The van der Waals surface area contributed by atoms with Crippen LogP contribution in [0.5, 0.6) is 5.75 Å². The van der Waals surface area contributed by atoms with Crippen LogP contribution in [0.3, 0.4) is 0 Å². The van der Waals surface area contributed by atoms with Gasteiger partial charge in [0.1, 0.15) is 5.75 Å². The monoisotopic (exact) mass is 438 g/mol. The molecule has 2 aromatic heterocycles. The summed E-state index contributed by atoms with van der Waals surface area (Å²) in [7, 11) is 3.85. The highest BCUT2D eigenvalue weighted by Crippen LogP contribution is 2.33. The summed E-state index contributed by atoms with van der Waals surface area (Å²) in [6.07, 6.45) is 1.75. The van der Waals surface area contributed by atoms with E-state index in [1.165, 1.54) is 11.3 Å². The van der Waals surface area contributed by atoms with Gasteiger partial charge in [0.05, 0.1) is 15.9 Å². The van der Waals surface area contributed by atoms with Crippen molar-refractivity contribution in [2.75, 3.05) is 30.9 Å². The molecular formula is C22H19ClN4O2S. The molecule has 8 heteroatoms. The van der Waals surface area contributed by atoms with E-state index < -0.39 is 0 Å². The predicted molar refractivity (Wildman–Crippen MR) is 123 cm³/mol. The molecule has 0 saturated heterocycles. The van der Waals surface area contributed by atoms with E-state index >= 15 is 0 Å². The second-order valence-electron chi connectivity index (χ2n) is 6.78. The number of pyridine rings is 1. The topological polar surface area (TPSA) is 67.4 Å². The number of carbonyl (C=O) groups is 1. The fraction of sp³-hybridized carbons (Fsp3) is 0.136. The maximum atomic E-state index is 12.2. The van der Waals surface area contributed by atoms with Crippen molar-refractivity contribution < 1.29 is 9.53 Å². The highest BCUT2D eigenvalue weighted by Gasteiger charge is 2.11. The van der Waals surface area contributed by atoms with Crippen LogP contribution in [0.25, 0.3) is 21.3 Å². The summed E-state index contributed by atoms with van der Waals surface area (Å²) in [5.41, 5.74) is 3.63. The first-order chi connectivity index (χ1) is 14.5. The molecule has 2 aromatic carbocycles. The Kier molecular flexibility index (Phi) is 5.83. The third-order valence-electron chi connectivity index (χ3n) is 4.38. The van der Waals surface area contributed by atoms with Gasteiger partial charge in [-0.3, -0.25) is 10.1 Å². The lowest BCUT2D eigenvalue weighted by molar-refractivity contribution is -0.118. The molecule has 0 saturated carbocycles. The first-order valence-electron chi connectivity index (χ1n) is 9.21. The number of aromatic nitrogens is 2. The Morgan fingerprint density at radius 3 is 2.70 bits per heavy atom. The number of benzene rings is 2. The van der Waals surface area contributed by atoms with Crippen LogP contribution in [-0.4, -0.2) is 36.6 Å². The van der Waals surface area contributed by atoms with Gasteiger partial charge in [0.2, 0.25) is 0 Å². The number of ether oxygens (including phenoxy) is 1. The van der Waals surface area contributed by atoms with Crippen LogP contribution in [0.2, 0.25) is 5.15 Å². The van der Waals surface area contributed by atoms with E-state index in [9.17, 15) is 4.79 Å². The van der Waals surface area contributed by atoms with Gasteiger partial charge in [-0.2, -0.15) is 0 Å². The number of fused-ring (bicyclic) bond motifs is 1. The SMILES string of the molecule is CN(C)c1cc(-c2ccc3nc(NC(=O)COc4ccccc4)sc3c2)cnc1Cl. The molecule has 30 heavy (non-hydrogen) atoms. The summed E-state index contributed by atoms with van der Waals surface area (Å²) in [6.45, 7) is -0.0745. The van der Waals surface area contributed by atoms with E-state index in [-0.39, 0.29) is 12.5 Å². The molecule has 0 aliphatic rings. The van der Waals surface area contributed by atoms with Crippen LogP contribution in [0.1, 0.15) is 0 Å². The Labute approximate surface area is 183 Å². The lowest BCUT2D eigenvalue weighted by Crippen LogP contribution is -2.19. The van der Waals surface area contributed by atoms with Crippen molar-refractivity contribution in [3.63, 3.8) is 0 Å². The first kappa shape index (κ1) is 20.1. The number of carbonyl (C=O) groups excluding carboxylic acids is 1. The number of rotatable bonds is 6. The van der Waals surface area contributed by atoms with E-state index in [2.05, 4.69) is 15.3 Å². The van der Waals surface area contributed by atoms with E-state index in [0.717, 1.165) is 27.0 Å². The molecule has 1 amide bonds. The van der Waals surface area contributed by atoms with E-state index in [4.69, 9.17) is 16.3 Å². The summed E-state index contributed by atoms with van der Waals surface area (Å²) in [4.78, 5) is 22.9. The number of halogens is 1. The standard InChI is InChI=1S/C22H19ClN4O2S/c1-27(2)18-10-15(12-24-21(18)23)14-8-9-17-19(11-14)30-22(25-17)26-20(28)13-29-16-6-4-3-5-7-16/h3-12H,13H2,1-2H3,(H,25,26,28). The molecule has 0 radical (unpaired) electrons. The lowest BCUT2D eigenvalue weighted by Gasteiger charge is -2.14. The second kappa shape index (κ2) is 8.69. The van der Waals surface area contributed by atoms with Gasteiger partial charge in [0, 0.05) is 25.9 Å². The van der Waals surface area contributed by atoms with E-state index in [1.807, 2.05) is 61.5 Å². The average molecular weight is 439 g/mol. The van der Waals surface area contributed by atoms with Crippen LogP contribution in [-0.2, 0) is 4.79 Å². The number of para-hydroxylation sites is 1. The number of nitrogens with zero attached hydrogens (tertiary/aromatic N) is 3. The molecule has 1 N–H and O–H groups in total. The van der Waals surface area contributed by atoms with E-state index in [1.54, 1.807) is 18.3 Å². The van der Waals surface area contributed by atoms with Crippen molar-refractivity contribution in [3.8, 4) is 16.9 Å². The molecule has 6 nitrogen and oxygen atoms in total. The van der Waals surface area contributed by atoms with Crippen LogP contribution in [0.4, 0.5) is 10.8 Å². The quantitative estimate of drug-likeness (QED) is 0.424. The number of anilines is 2. The number of hydrogen-bond acceptors (Lipinski definition) is 6. The molecule has 0 bridgehead atoms. The van der Waals surface area contributed by atoms with Crippen molar-refractivity contribution in [1.82, 2.24) is 9.97 Å². The Morgan fingerprint density at radius 2 is 1.93 bits per heavy atom. The molecule has 0 spiro atoms. The van der Waals surface area contributed by atoms with Gasteiger partial charge in [-0.05, 0) is 35.9 Å². The molecule has 0 unspecified atom stereocenters. The van der Waals surface area contributed by atoms with Crippen molar-refractivity contribution in [2.24, 2.45) is 0 Å². The maximum Gasteiger partial charge on any atom is 0.264 e. The smallest absolute Gasteiger partial charge is 0.264 e. The largest absolute Gasteiger partial charge is 0.484 e. The minimum absolute atomic E-state index is 0.0745. The van der Waals surface area contributed by atoms with Gasteiger partial charge in [-0.1, -0.05) is 47.2 Å². The summed E-state index contributed by atoms with van der Waals surface area (Å²) in [5, 5.41) is 3.80. The van der Waals surface area contributed by atoms with Crippen LogP contribution < -0.4 is 15.0 Å². The van der Waals surface area contributed by atoms with Gasteiger partial charge in [0.15, 0.2) is 16.9 Å².